The van der Waals surface area contributed by atoms with E-state index in [-0.39, 0.29) is 36.9 Å². The lowest BCUT2D eigenvalue weighted by molar-refractivity contribution is -0.139. The largest absolute Gasteiger partial charge is 0.394 e. The zero-order valence-electron chi connectivity index (χ0n) is 12.6. The van der Waals surface area contributed by atoms with Crippen LogP contribution in [0, 0.1) is 11.8 Å². The summed E-state index contributed by atoms with van der Waals surface area (Å²) in [6, 6.07) is 0. The normalized spacial score (nSPS) is 20.1. The molecule has 20 heavy (non-hydrogen) atoms. The Bertz CT molecular complexity index is 353. The van der Waals surface area contributed by atoms with Crippen molar-refractivity contribution in [2.75, 3.05) is 26.3 Å². The van der Waals surface area contributed by atoms with Gasteiger partial charge >= 0.3 is 0 Å². The third-order valence-electron chi connectivity index (χ3n) is 3.72. The molecular formula is C14H26N2O4. The maximum Gasteiger partial charge on any atom is 0.225 e. The SMILES string of the molecule is CC(C)C(=O)N1CCCC(C(=O)NC(C)(CO)CO)C1. The fraction of sp³-hybridized carbons (Fsp3) is 0.857. The van der Waals surface area contributed by atoms with E-state index < -0.39 is 5.54 Å². The quantitative estimate of drug-likeness (QED) is 0.649. The van der Waals surface area contributed by atoms with Gasteiger partial charge in [-0.15, -0.1) is 0 Å². The Morgan fingerprint density at radius 1 is 1.35 bits per heavy atom. The molecule has 1 rings (SSSR count). The van der Waals surface area contributed by atoms with Crippen molar-refractivity contribution in [3.05, 3.63) is 0 Å². The Balaban J connectivity index is 2.63. The summed E-state index contributed by atoms with van der Waals surface area (Å²) in [6.45, 7) is 5.74. The first-order chi connectivity index (χ1) is 9.33. The van der Waals surface area contributed by atoms with Gasteiger partial charge in [0.1, 0.15) is 0 Å². The molecule has 1 aliphatic heterocycles. The molecule has 0 aromatic carbocycles. The molecule has 1 atom stereocenters. The Morgan fingerprint density at radius 3 is 2.45 bits per heavy atom. The second-order valence-corrected chi connectivity index (χ2v) is 6.14. The molecule has 3 N–H and O–H groups in total. The number of hydrogen-bond donors (Lipinski definition) is 3. The van der Waals surface area contributed by atoms with Crippen molar-refractivity contribution in [2.24, 2.45) is 11.8 Å². The van der Waals surface area contributed by atoms with Gasteiger partial charge in [0, 0.05) is 19.0 Å². The van der Waals surface area contributed by atoms with Crippen molar-refractivity contribution in [3.8, 4) is 0 Å². The van der Waals surface area contributed by atoms with Gasteiger partial charge in [0.15, 0.2) is 0 Å². The van der Waals surface area contributed by atoms with Gasteiger partial charge in [0.25, 0.3) is 0 Å². The zero-order valence-corrected chi connectivity index (χ0v) is 12.6. The van der Waals surface area contributed by atoms with E-state index in [1.807, 2.05) is 13.8 Å². The summed E-state index contributed by atoms with van der Waals surface area (Å²) in [5.41, 5.74) is -1.01. The number of carbonyl (C=O) groups excluding carboxylic acids is 2. The second kappa shape index (κ2) is 7.04. The number of piperidine rings is 1. The highest BCUT2D eigenvalue weighted by atomic mass is 16.3. The third kappa shape index (κ3) is 4.18. The van der Waals surface area contributed by atoms with E-state index >= 15 is 0 Å². The summed E-state index contributed by atoms with van der Waals surface area (Å²) >= 11 is 0. The molecule has 0 bridgehead atoms. The fourth-order valence-electron chi connectivity index (χ4n) is 2.29. The molecule has 1 aliphatic rings. The summed E-state index contributed by atoms with van der Waals surface area (Å²) in [5, 5.41) is 21.1. The highest BCUT2D eigenvalue weighted by molar-refractivity contribution is 5.82. The van der Waals surface area contributed by atoms with Crippen LogP contribution in [0.15, 0.2) is 0 Å². The molecular weight excluding hydrogens is 260 g/mol. The molecule has 1 saturated heterocycles. The summed E-state index contributed by atoms with van der Waals surface area (Å²) in [5.74, 6) is -0.493. The lowest BCUT2D eigenvalue weighted by atomic mass is 9.94. The molecule has 0 aliphatic carbocycles. The zero-order chi connectivity index (χ0) is 15.3. The molecule has 1 fully saturated rings. The Morgan fingerprint density at radius 2 is 1.95 bits per heavy atom. The molecule has 0 aromatic rings. The number of nitrogens with one attached hydrogen (secondary N) is 1. The predicted octanol–water partition coefficient (Wildman–Crippen LogP) is -0.259. The van der Waals surface area contributed by atoms with Gasteiger partial charge in [-0.2, -0.15) is 0 Å². The van der Waals surface area contributed by atoms with E-state index in [9.17, 15) is 19.8 Å². The van der Waals surface area contributed by atoms with E-state index in [1.165, 1.54) is 0 Å². The summed E-state index contributed by atoms with van der Waals surface area (Å²) in [6.07, 6.45) is 1.52. The smallest absolute Gasteiger partial charge is 0.225 e. The van der Waals surface area contributed by atoms with Crippen LogP contribution in [0.2, 0.25) is 0 Å². The van der Waals surface area contributed by atoms with Gasteiger partial charge in [0.2, 0.25) is 11.8 Å². The number of nitrogens with zero attached hydrogens (tertiary/aromatic N) is 1. The average molecular weight is 286 g/mol. The molecule has 1 unspecified atom stereocenters. The van der Waals surface area contributed by atoms with Crippen molar-refractivity contribution < 1.29 is 19.8 Å². The van der Waals surface area contributed by atoms with Gasteiger partial charge in [0.05, 0.1) is 24.7 Å². The molecule has 0 aromatic heterocycles. The maximum absolute atomic E-state index is 12.2. The molecule has 6 heteroatoms. The first-order valence-electron chi connectivity index (χ1n) is 7.15. The second-order valence-electron chi connectivity index (χ2n) is 6.14. The first-order valence-corrected chi connectivity index (χ1v) is 7.15. The third-order valence-corrected chi connectivity index (χ3v) is 3.72. The lowest BCUT2D eigenvalue weighted by Crippen LogP contribution is -2.55. The van der Waals surface area contributed by atoms with Crippen LogP contribution in [-0.4, -0.2) is 58.8 Å². The van der Waals surface area contributed by atoms with Crippen molar-refractivity contribution in [1.29, 1.82) is 0 Å². The predicted molar refractivity (Wildman–Crippen MR) is 74.9 cm³/mol. The topological polar surface area (TPSA) is 89.9 Å². The van der Waals surface area contributed by atoms with E-state index in [1.54, 1.807) is 11.8 Å². The minimum atomic E-state index is -1.01. The van der Waals surface area contributed by atoms with Crippen LogP contribution < -0.4 is 5.32 Å². The average Bonchev–Trinajstić information content (AvgIpc) is 2.46. The van der Waals surface area contributed by atoms with E-state index in [0.717, 1.165) is 12.8 Å². The Hall–Kier alpha value is -1.14. The maximum atomic E-state index is 12.2. The first kappa shape index (κ1) is 16.9. The number of hydrogen-bond acceptors (Lipinski definition) is 4. The highest BCUT2D eigenvalue weighted by Gasteiger charge is 2.33. The van der Waals surface area contributed by atoms with Gasteiger partial charge in [-0.3, -0.25) is 9.59 Å². The van der Waals surface area contributed by atoms with Crippen LogP contribution in [0.25, 0.3) is 0 Å². The van der Waals surface area contributed by atoms with E-state index in [4.69, 9.17) is 0 Å². The molecule has 116 valence electrons. The number of rotatable bonds is 5. The summed E-state index contributed by atoms with van der Waals surface area (Å²) in [4.78, 5) is 25.9. The molecule has 0 radical (unpaired) electrons. The van der Waals surface area contributed by atoms with Crippen molar-refractivity contribution in [2.45, 2.75) is 39.2 Å². The van der Waals surface area contributed by atoms with Crippen molar-refractivity contribution >= 4 is 11.8 Å². The number of amides is 2. The van der Waals surface area contributed by atoms with Gasteiger partial charge in [-0.05, 0) is 19.8 Å². The van der Waals surface area contributed by atoms with Crippen molar-refractivity contribution in [1.82, 2.24) is 10.2 Å². The summed E-state index contributed by atoms with van der Waals surface area (Å²) < 4.78 is 0. The van der Waals surface area contributed by atoms with Crippen LogP contribution in [0.5, 0.6) is 0 Å². The Labute approximate surface area is 120 Å². The molecule has 6 nitrogen and oxygen atoms in total. The number of aliphatic hydroxyl groups excluding tert-OH is 2. The minimum Gasteiger partial charge on any atom is -0.394 e. The van der Waals surface area contributed by atoms with Gasteiger partial charge in [-0.1, -0.05) is 13.8 Å². The van der Waals surface area contributed by atoms with E-state index in [0.29, 0.717) is 13.1 Å². The van der Waals surface area contributed by atoms with Crippen molar-refractivity contribution in [3.63, 3.8) is 0 Å². The molecule has 0 saturated carbocycles. The molecule has 2 amide bonds. The number of carbonyl (C=O) groups is 2. The van der Waals surface area contributed by atoms with Crippen LogP contribution in [0.3, 0.4) is 0 Å². The summed E-state index contributed by atoms with van der Waals surface area (Å²) in [7, 11) is 0. The van der Waals surface area contributed by atoms with Crippen LogP contribution >= 0.6 is 0 Å². The number of aliphatic hydroxyl groups is 2. The van der Waals surface area contributed by atoms with Crippen LogP contribution in [-0.2, 0) is 9.59 Å². The molecule has 0 spiro atoms. The van der Waals surface area contributed by atoms with Crippen LogP contribution in [0.4, 0.5) is 0 Å². The number of likely N-dealkylation sites (tertiary alicyclic amines) is 1. The highest BCUT2D eigenvalue weighted by Crippen LogP contribution is 2.19. The lowest BCUT2D eigenvalue weighted by Gasteiger charge is -2.35. The van der Waals surface area contributed by atoms with Gasteiger partial charge < -0.3 is 20.4 Å². The standard InChI is InChI=1S/C14H26N2O4/c1-10(2)13(20)16-6-4-5-11(7-16)12(19)15-14(3,8-17)9-18/h10-11,17-18H,4-9H2,1-3H3,(H,15,19). The van der Waals surface area contributed by atoms with Gasteiger partial charge in [-0.25, -0.2) is 0 Å². The minimum absolute atomic E-state index is 0.0644. The Kier molecular flexibility index (Phi) is 5.95. The van der Waals surface area contributed by atoms with Crippen LogP contribution in [0.1, 0.15) is 33.6 Å². The monoisotopic (exact) mass is 286 g/mol. The fourth-order valence-corrected chi connectivity index (χ4v) is 2.29. The molecule has 1 heterocycles. The van der Waals surface area contributed by atoms with E-state index in [2.05, 4.69) is 5.32 Å².